The van der Waals surface area contributed by atoms with Crippen molar-refractivity contribution in [3.05, 3.63) is 83.9 Å². The molecule has 1 saturated heterocycles. The SMILES string of the molecule is COCCCN1C(=S)N[C@@H](c2ccccn2)[C@H]1c1cccn1-c1cccc(C(=O)O)c1. The van der Waals surface area contributed by atoms with Crippen LogP contribution >= 0.6 is 12.2 Å². The first kappa shape index (κ1) is 21.0. The van der Waals surface area contributed by atoms with Crippen molar-refractivity contribution in [1.82, 2.24) is 19.8 Å². The summed E-state index contributed by atoms with van der Waals surface area (Å²) in [4.78, 5) is 18.2. The molecule has 0 amide bonds. The minimum absolute atomic E-state index is 0.109. The zero-order chi connectivity index (χ0) is 21.8. The van der Waals surface area contributed by atoms with Crippen molar-refractivity contribution in [2.75, 3.05) is 20.3 Å². The van der Waals surface area contributed by atoms with Crippen LogP contribution in [-0.2, 0) is 4.74 Å². The number of carboxylic acid groups (broad SMARTS) is 1. The Labute approximate surface area is 186 Å². The molecule has 0 radical (unpaired) electrons. The number of thiocarbonyl (C=S) groups is 1. The zero-order valence-corrected chi connectivity index (χ0v) is 18.0. The van der Waals surface area contributed by atoms with Gasteiger partial charge >= 0.3 is 5.97 Å². The number of rotatable bonds is 8. The smallest absolute Gasteiger partial charge is 0.335 e. The fourth-order valence-corrected chi connectivity index (χ4v) is 4.34. The number of hydrogen-bond donors (Lipinski definition) is 2. The number of benzene rings is 1. The molecule has 3 aromatic rings. The van der Waals surface area contributed by atoms with E-state index >= 15 is 0 Å². The van der Waals surface area contributed by atoms with Gasteiger partial charge in [-0.1, -0.05) is 12.1 Å². The maximum Gasteiger partial charge on any atom is 0.335 e. The number of carbonyl (C=O) groups is 1. The average Bonchev–Trinajstić information content (AvgIpc) is 3.39. The highest BCUT2D eigenvalue weighted by Gasteiger charge is 2.40. The highest BCUT2D eigenvalue weighted by Crippen LogP contribution is 2.39. The molecule has 0 unspecified atom stereocenters. The summed E-state index contributed by atoms with van der Waals surface area (Å²) in [7, 11) is 1.69. The van der Waals surface area contributed by atoms with E-state index in [0.29, 0.717) is 11.7 Å². The fraction of sp³-hybridized carbons (Fsp3) is 0.261. The summed E-state index contributed by atoms with van der Waals surface area (Å²) in [5.41, 5.74) is 2.93. The standard InChI is InChI=1S/C23H24N4O3S/c1-30-14-6-13-27-21(20(25-23(27)31)18-9-2-3-11-24-18)19-10-5-12-26(19)17-8-4-7-16(15-17)22(28)29/h2-5,7-12,15,20-21H,6,13-14H2,1H3,(H,25,31)(H,28,29)/t20-,21+/m0/s1. The van der Waals surface area contributed by atoms with E-state index < -0.39 is 5.97 Å². The van der Waals surface area contributed by atoms with Crippen LogP contribution in [0.1, 0.15) is 40.3 Å². The van der Waals surface area contributed by atoms with Crippen molar-refractivity contribution in [3.8, 4) is 5.69 Å². The van der Waals surface area contributed by atoms with Crippen LogP contribution in [-0.4, -0.2) is 50.9 Å². The van der Waals surface area contributed by atoms with E-state index in [1.54, 1.807) is 31.5 Å². The molecule has 0 spiro atoms. The van der Waals surface area contributed by atoms with Crippen LogP contribution in [0.15, 0.2) is 67.0 Å². The number of ether oxygens (including phenoxy) is 1. The van der Waals surface area contributed by atoms with Crippen molar-refractivity contribution in [1.29, 1.82) is 0 Å². The van der Waals surface area contributed by atoms with E-state index in [4.69, 9.17) is 17.0 Å². The summed E-state index contributed by atoms with van der Waals surface area (Å²) in [6.07, 6.45) is 4.56. The van der Waals surface area contributed by atoms with Crippen molar-refractivity contribution in [2.24, 2.45) is 0 Å². The van der Waals surface area contributed by atoms with Gasteiger partial charge in [-0.2, -0.15) is 0 Å². The molecule has 2 N–H and O–H groups in total. The Kier molecular flexibility index (Phi) is 6.29. The third kappa shape index (κ3) is 4.30. The third-order valence-corrected chi connectivity index (χ3v) is 5.75. The van der Waals surface area contributed by atoms with E-state index in [1.165, 1.54) is 0 Å². The average molecular weight is 437 g/mol. The van der Waals surface area contributed by atoms with Crippen molar-refractivity contribution >= 4 is 23.3 Å². The van der Waals surface area contributed by atoms with Gasteiger partial charge in [0.25, 0.3) is 0 Å². The van der Waals surface area contributed by atoms with Crippen LogP contribution in [0.4, 0.5) is 0 Å². The number of aromatic carboxylic acids is 1. The first-order valence-corrected chi connectivity index (χ1v) is 10.5. The van der Waals surface area contributed by atoms with Crippen LogP contribution in [0.5, 0.6) is 0 Å². The van der Waals surface area contributed by atoms with Crippen molar-refractivity contribution < 1.29 is 14.6 Å². The van der Waals surface area contributed by atoms with Gasteiger partial charge in [0.1, 0.15) is 0 Å². The largest absolute Gasteiger partial charge is 0.478 e. The van der Waals surface area contributed by atoms with E-state index in [9.17, 15) is 9.90 Å². The molecule has 0 saturated carbocycles. The minimum atomic E-state index is -0.952. The molecule has 160 valence electrons. The lowest BCUT2D eigenvalue weighted by atomic mass is 10.0. The number of nitrogens with one attached hydrogen (secondary N) is 1. The Morgan fingerprint density at radius 1 is 1.23 bits per heavy atom. The molecular weight excluding hydrogens is 412 g/mol. The molecule has 8 heteroatoms. The number of carboxylic acids is 1. The van der Waals surface area contributed by atoms with Crippen LogP contribution in [0, 0.1) is 0 Å². The highest BCUT2D eigenvalue weighted by molar-refractivity contribution is 7.80. The molecular formula is C23H24N4O3S. The Hall–Kier alpha value is -3.23. The van der Waals surface area contributed by atoms with Crippen molar-refractivity contribution in [2.45, 2.75) is 18.5 Å². The monoisotopic (exact) mass is 436 g/mol. The van der Waals surface area contributed by atoms with E-state index in [0.717, 1.165) is 30.0 Å². The second-order valence-corrected chi connectivity index (χ2v) is 7.71. The first-order chi connectivity index (χ1) is 15.1. The van der Waals surface area contributed by atoms with Gasteiger partial charge in [-0.05, 0) is 61.1 Å². The lowest BCUT2D eigenvalue weighted by molar-refractivity contribution is 0.0697. The minimum Gasteiger partial charge on any atom is -0.478 e. The van der Waals surface area contributed by atoms with Crippen LogP contribution < -0.4 is 5.32 Å². The predicted octanol–water partition coefficient (Wildman–Crippen LogP) is 3.58. The molecule has 0 aliphatic carbocycles. The number of pyridine rings is 1. The summed E-state index contributed by atoms with van der Waals surface area (Å²) in [5.74, 6) is -0.952. The lowest BCUT2D eigenvalue weighted by Crippen LogP contribution is -2.32. The maximum absolute atomic E-state index is 11.5. The Morgan fingerprint density at radius 3 is 2.84 bits per heavy atom. The first-order valence-electron chi connectivity index (χ1n) is 10.1. The van der Waals surface area contributed by atoms with Crippen molar-refractivity contribution in [3.63, 3.8) is 0 Å². The molecule has 1 aliphatic heterocycles. The predicted molar refractivity (Wildman–Crippen MR) is 121 cm³/mol. The molecule has 1 aromatic carbocycles. The molecule has 7 nitrogen and oxygen atoms in total. The van der Waals surface area contributed by atoms with Crippen LogP contribution in [0.3, 0.4) is 0 Å². The quantitative estimate of drug-likeness (QED) is 0.413. The zero-order valence-electron chi connectivity index (χ0n) is 17.1. The summed E-state index contributed by atoms with van der Waals surface area (Å²) in [5, 5.41) is 13.5. The second kappa shape index (κ2) is 9.28. The summed E-state index contributed by atoms with van der Waals surface area (Å²) in [6, 6.07) is 16.6. The maximum atomic E-state index is 11.5. The van der Waals surface area contributed by atoms with Gasteiger partial charge in [-0.3, -0.25) is 4.98 Å². The van der Waals surface area contributed by atoms with Gasteiger partial charge in [0.2, 0.25) is 0 Å². The molecule has 1 aliphatic rings. The lowest BCUT2D eigenvalue weighted by Gasteiger charge is -2.29. The van der Waals surface area contributed by atoms with Gasteiger partial charge in [-0.25, -0.2) is 4.79 Å². The number of hydrogen-bond acceptors (Lipinski definition) is 4. The number of methoxy groups -OCH3 is 1. The number of aromatic nitrogens is 2. The summed E-state index contributed by atoms with van der Waals surface area (Å²) >= 11 is 5.69. The van der Waals surface area contributed by atoms with Gasteiger partial charge in [0.05, 0.1) is 23.3 Å². The molecule has 3 heterocycles. The molecule has 31 heavy (non-hydrogen) atoms. The number of nitrogens with zero attached hydrogens (tertiary/aromatic N) is 3. The molecule has 2 aromatic heterocycles. The third-order valence-electron chi connectivity index (χ3n) is 5.40. The molecule has 0 bridgehead atoms. The van der Waals surface area contributed by atoms with Gasteiger partial charge in [-0.15, -0.1) is 0 Å². The Morgan fingerprint density at radius 2 is 2.10 bits per heavy atom. The second-order valence-electron chi connectivity index (χ2n) is 7.32. The van der Waals surface area contributed by atoms with Gasteiger partial charge in [0.15, 0.2) is 5.11 Å². The summed E-state index contributed by atoms with van der Waals surface area (Å²) < 4.78 is 7.26. The highest BCUT2D eigenvalue weighted by atomic mass is 32.1. The van der Waals surface area contributed by atoms with Gasteiger partial charge in [0, 0.05) is 44.0 Å². The fourth-order valence-electron chi connectivity index (χ4n) is 4.01. The Balaban J connectivity index is 1.77. The van der Waals surface area contributed by atoms with E-state index in [2.05, 4.69) is 15.2 Å². The van der Waals surface area contributed by atoms with Crippen LogP contribution in [0.25, 0.3) is 5.69 Å². The van der Waals surface area contributed by atoms with E-state index in [-0.39, 0.29) is 17.6 Å². The van der Waals surface area contributed by atoms with E-state index in [1.807, 2.05) is 47.2 Å². The summed E-state index contributed by atoms with van der Waals surface area (Å²) in [6.45, 7) is 1.37. The molecule has 2 atom stereocenters. The van der Waals surface area contributed by atoms with Gasteiger partial charge < -0.3 is 24.6 Å². The normalized spacial score (nSPS) is 18.2. The molecule has 1 fully saturated rings. The molecule has 4 rings (SSSR count). The Bertz CT molecular complexity index is 1070. The van der Waals surface area contributed by atoms with Crippen LogP contribution in [0.2, 0.25) is 0 Å². The topological polar surface area (TPSA) is 79.6 Å².